The first kappa shape index (κ1) is 24.8. The minimum absolute atomic E-state index is 0.0840. The van der Waals surface area contributed by atoms with Gasteiger partial charge in [-0.05, 0) is 54.5 Å². The van der Waals surface area contributed by atoms with Gasteiger partial charge in [-0.25, -0.2) is 4.79 Å². The summed E-state index contributed by atoms with van der Waals surface area (Å²) in [6.07, 6.45) is 1.72. The molecular formula is C26H20ClNO5S2. The number of thioether (sulfide) groups is 1. The van der Waals surface area contributed by atoms with Gasteiger partial charge in [0, 0.05) is 10.6 Å². The maximum absolute atomic E-state index is 13.2. The zero-order valence-corrected chi connectivity index (χ0v) is 21.2. The molecule has 1 heterocycles. The average molecular weight is 526 g/mol. The van der Waals surface area contributed by atoms with Crippen molar-refractivity contribution in [3.8, 4) is 11.5 Å². The van der Waals surface area contributed by atoms with Crippen LogP contribution < -0.4 is 14.4 Å². The monoisotopic (exact) mass is 525 g/mol. The molecule has 0 atom stereocenters. The molecule has 35 heavy (non-hydrogen) atoms. The number of amides is 1. The molecule has 0 spiro atoms. The highest BCUT2D eigenvalue weighted by molar-refractivity contribution is 8.27. The average Bonchev–Trinajstić information content (AvgIpc) is 3.11. The quantitative estimate of drug-likeness (QED) is 0.285. The Balaban J connectivity index is 1.57. The number of nitrogens with zero attached hydrogens (tertiary/aromatic N) is 1. The van der Waals surface area contributed by atoms with Gasteiger partial charge in [0.25, 0.3) is 5.91 Å². The highest BCUT2D eigenvalue weighted by Crippen LogP contribution is 2.38. The van der Waals surface area contributed by atoms with E-state index in [0.717, 1.165) is 28.5 Å². The molecule has 178 valence electrons. The number of carbonyl (C=O) groups excluding carboxylic acids is 1. The van der Waals surface area contributed by atoms with Crippen molar-refractivity contribution >= 4 is 63.5 Å². The fourth-order valence-electron chi connectivity index (χ4n) is 3.47. The van der Waals surface area contributed by atoms with Gasteiger partial charge >= 0.3 is 5.97 Å². The summed E-state index contributed by atoms with van der Waals surface area (Å²) < 4.78 is 11.7. The third-order valence-corrected chi connectivity index (χ3v) is 6.99. The lowest BCUT2D eigenvalue weighted by molar-refractivity contribution is -0.113. The maximum atomic E-state index is 13.2. The number of hydrogen-bond donors (Lipinski definition) is 1. The number of aromatic carboxylic acids is 1. The van der Waals surface area contributed by atoms with Gasteiger partial charge < -0.3 is 14.6 Å². The molecule has 0 aromatic heterocycles. The topological polar surface area (TPSA) is 76.1 Å². The van der Waals surface area contributed by atoms with Crippen LogP contribution >= 0.6 is 35.6 Å². The number of rotatable bonds is 7. The summed E-state index contributed by atoms with van der Waals surface area (Å²) in [4.78, 5) is 26.4. The molecule has 3 aromatic carbocycles. The molecule has 4 rings (SSSR count). The summed E-state index contributed by atoms with van der Waals surface area (Å²) in [7, 11) is 1.54. The number of carboxylic acids is 1. The number of anilines is 1. The van der Waals surface area contributed by atoms with Crippen LogP contribution in [0.2, 0.25) is 5.02 Å². The van der Waals surface area contributed by atoms with Crippen molar-refractivity contribution in [3.63, 3.8) is 0 Å². The van der Waals surface area contributed by atoms with Crippen molar-refractivity contribution in [3.05, 3.63) is 92.8 Å². The van der Waals surface area contributed by atoms with E-state index in [1.54, 1.807) is 44.4 Å². The molecule has 1 aliphatic heterocycles. The van der Waals surface area contributed by atoms with E-state index >= 15 is 0 Å². The first-order valence-corrected chi connectivity index (χ1v) is 12.0. The van der Waals surface area contributed by atoms with Crippen LogP contribution in [0.5, 0.6) is 11.5 Å². The van der Waals surface area contributed by atoms with Crippen LogP contribution in [-0.4, -0.2) is 28.4 Å². The van der Waals surface area contributed by atoms with Gasteiger partial charge in [0.2, 0.25) is 0 Å². The van der Waals surface area contributed by atoms with E-state index in [1.165, 1.54) is 17.0 Å². The van der Waals surface area contributed by atoms with Gasteiger partial charge in [-0.15, -0.1) is 0 Å². The van der Waals surface area contributed by atoms with Gasteiger partial charge in [-0.3, -0.25) is 9.69 Å². The highest BCUT2D eigenvalue weighted by Gasteiger charge is 2.34. The number of carbonyl (C=O) groups is 2. The molecule has 0 saturated carbocycles. The number of methoxy groups -OCH3 is 1. The molecule has 1 amide bonds. The molecule has 0 bridgehead atoms. The molecule has 3 aromatic rings. The smallest absolute Gasteiger partial charge is 0.335 e. The second kappa shape index (κ2) is 10.5. The molecule has 0 aliphatic carbocycles. The normalized spacial score (nSPS) is 14.5. The Morgan fingerprint density at radius 3 is 2.63 bits per heavy atom. The van der Waals surface area contributed by atoms with E-state index in [1.807, 2.05) is 24.3 Å². The Labute approximate surface area is 217 Å². The van der Waals surface area contributed by atoms with Crippen molar-refractivity contribution in [1.29, 1.82) is 0 Å². The lowest BCUT2D eigenvalue weighted by Gasteiger charge is -2.17. The summed E-state index contributed by atoms with van der Waals surface area (Å²) in [6.45, 7) is 2.08. The van der Waals surface area contributed by atoms with Gasteiger partial charge in [0.05, 0.1) is 23.3 Å². The van der Waals surface area contributed by atoms with Crippen LogP contribution in [0, 0.1) is 6.92 Å². The first-order chi connectivity index (χ1) is 16.8. The summed E-state index contributed by atoms with van der Waals surface area (Å²) in [5.41, 5.74) is 2.86. The number of hydrogen-bond acceptors (Lipinski definition) is 6. The fourth-order valence-corrected chi connectivity index (χ4v) is 4.95. The first-order valence-electron chi connectivity index (χ1n) is 10.4. The predicted molar refractivity (Wildman–Crippen MR) is 143 cm³/mol. The lowest BCUT2D eigenvalue weighted by atomic mass is 10.1. The summed E-state index contributed by atoms with van der Waals surface area (Å²) in [5.74, 6) is -0.343. The maximum Gasteiger partial charge on any atom is 0.335 e. The van der Waals surface area contributed by atoms with Crippen molar-refractivity contribution < 1.29 is 24.2 Å². The van der Waals surface area contributed by atoms with Gasteiger partial charge in [-0.2, -0.15) is 0 Å². The standard InChI is InChI=1S/C26H20ClNO5S2/c1-15-7-9-17(25(30)31)13-20(15)28-24(29)23(35-26(28)34)12-16-8-10-21(22(11-16)32-2)33-14-18-5-3-4-6-19(18)27/h3-13H,14H2,1-2H3,(H,30,31)/b23-12-. The predicted octanol–water partition coefficient (Wildman–Crippen LogP) is 6.34. The van der Waals surface area contributed by atoms with E-state index in [2.05, 4.69) is 0 Å². The molecule has 9 heteroatoms. The largest absolute Gasteiger partial charge is 0.493 e. The van der Waals surface area contributed by atoms with Crippen LogP contribution in [0.25, 0.3) is 6.08 Å². The minimum atomic E-state index is -1.07. The highest BCUT2D eigenvalue weighted by atomic mass is 35.5. The number of benzene rings is 3. The Bertz CT molecular complexity index is 1370. The molecule has 1 N–H and O–H groups in total. The third-order valence-electron chi connectivity index (χ3n) is 5.32. The SMILES string of the molecule is COc1cc(/C=C2\SC(=S)N(c3cc(C(=O)O)ccc3C)C2=O)ccc1OCc1ccccc1Cl. The molecule has 1 fully saturated rings. The van der Waals surface area contributed by atoms with E-state index in [-0.39, 0.29) is 18.1 Å². The summed E-state index contributed by atoms with van der Waals surface area (Å²) in [6, 6.07) is 17.4. The number of thiocarbonyl (C=S) groups is 1. The Kier molecular flexibility index (Phi) is 7.45. The van der Waals surface area contributed by atoms with E-state index < -0.39 is 5.97 Å². The number of ether oxygens (including phenoxy) is 2. The van der Waals surface area contributed by atoms with Crippen LogP contribution in [0.4, 0.5) is 5.69 Å². The van der Waals surface area contributed by atoms with Crippen molar-refractivity contribution in [2.45, 2.75) is 13.5 Å². The van der Waals surface area contributed by atoms with Crippen LogP contribution in [-0.2, 0) is 11.4 Å². The number of halogens is 1. The molecule has 6 nitrogen and oxygen atoms in total. The molecular weight excluding hydrogens is 506 g/mol. The number of carboxylic acid groups (broad SMARTS) is 1. The third kappa shape index (κ3) is 5.35. The van der Waals surface area contributed by atoms with E-state index in [4.69, 9.17) is 33.3 Å². The van der Waals surface area contributed by atoms with Crippen molar-refractivity contribution in [2.75, 3.05) is 12.0 Å². The van der Waals surface area contributed by atoms with E-state index in [0.29, 0.717) is 31.4 Å². The summed E-state index contributed by atoms with van der Waals surface area (Å²) >= 11 is 12.8. The molecule has 1 saturated heterocycles. The Morgan fingerprint density at radius 1 is 1.14 bits per heavy atom. The van der Waals surface area contributed by atoms with E-state index in [9.17, 15) is 14.7 Å². The van der Waals surface area contributed by atoms with Crippen molar-refractivity contribution in [2.24, 2.45) is 0 Å². The lowest BCUT2D eigenvalue weighted by Crippen LogP contribution is -2.28. The van der Waals surface area contributed by atoms with Gasteiger partial charge in [0.15, 0.2) is 15.8 Å². The molecule has 0 radical (unpaired) electrons. The van der Waals surface area contributed by atoms with Gasteiger partial charge in [-0.1, -0.05) is 65.9 Å². The Morgan fingerprint density at radius 2 is 1.91 bits per heavy atom. The summed E-state index contributed by atoms with van der Waals surface area (Å²) in [5, 5.41) is 9.95. The Hall–Kier alpha value is -3.33. The van der Waals surface area contributed by atoms with Crippen molar-refractivity contribution in [1.82, 2.24) is 0 Å². The second-order valence-electron chi connectivity index (χ2n) is 7.61. The fraction of sp³-hybridized carbons (Fsp3) is 0.115. The molecule has 1 aliphatic rings. The van der Waals surface area contributed by atoms with Gasteiger partial charge in [0.1, 0.15) is 6.61 Å². The number of aryl methyl sites for hydroxylation is 1. The minimum Gasteiger partial charge on any atom is -0.493 e. The second-order valence-corrected chi connectivity index (χ2v) is 9.70. The molecule has 0 unspecified atom stereocenters. The van der Waals surface area contributed by atoms with Crippen LogP contribution in [0.15, 0.2) is 65.6 Å². The zero-order chi connectivity index (χ0) is 25.1. The zero-order valence-electron chi connectivity index (χ0n) is 18.8. The van der Waals surface area contributed by atoms with Crippen LogP contribution in [0.3, 0.4) is 0 Å². The van der Waals surface area contributed by atoms with Crippen LogP contribution in [0.1, 0.15) is 27.0 Å².